The Labute approximate surface area is 143 Å². The average Bonchev–Trinajstić information content (AvgIpc) is 3.26. The Bertz CT molecular complexity index is 959. The molecule has 4 N–H and O–H groups in total. The Morgan fingerprint density at radius 3 is 3.08 bits per heavy atom. The zero-order valence-corrected chi connectivity index (χ0v) is 13.6. The molecule has 0 bridgehead atoms. The van der Waals surface area contributed by atoms with E-state index in [0.29, 0.717) is 12.1 Å². The van der Waals surface area contributed by atoms with Gasteiger partial charge in [-0.25, -0.2) is 14.5 Å². The first-order valence-electron chi connectivity index (χ1n) is 7.75. The highest BCUT2D eigenvalue weighted by atomic mass is 15.7. The summed E-state index contributed by atoms with van der Waals surface area (Å²) in [4.78, 5) is 8.83. The van der Waals surface area contributed by atoms with Gasteiger partial charge in [-0.2, -0.15) is 5.10 Å². The normalized spacial score (nSPS) is 13.6. The molecule has 0 unspecified atom stereocenters. The summed E-state index contributed by atoms with van der Waals surface area (Å²) in [5, 5.41) is 16.6. The first kappa shape index (κ1) is 15.1. The van der Waals surface area contributed by atoms with Gasteiger partial charge in [0.05, 0.1) is 17.9 Å². The summed E-state index contributed by atoms with van der Waals surface area (Å²) in [6, 6.07) is 7.77. The Morgan fingerprint density at radius 2 is 2.24 bits per heavy atom. The monoisotopic (exact) mass is 335 g/mol. The molecule has 1 aliphatic heterocycles. The SMILES string of the molecule is CN/C=C(\C=N)c1ccc2c(n1)N(Cc1ccc3ncnn3c1)NN2. The zero-order chi connectivity index (χ0) is 17.2. The molecular weight excluding hydrogens is 318 g/mol. The van der Waals surface area contributed by atoms with Crippen molar-refractivity contribution in [1.29, 1.82) is 5.41 Å². The Morgan fingerprint density at radius 1 is 1.32 bits per heavy atom. The lowest BCUT2D eigenvalue weighted by Crippen LogP contribution is -2.35. The molecule has 4 rings (SSSR count). The van der Waals surface area contributed by atoms with Crippen LogP contribution in [0.5, 0.6) is 0 Å². The second kappa shape index (κ2) is 6.21. The van der Waals surface area contributed by atoms with Crippen molar-refractivity contribution < 1.29 is 0 Å². The largest absolute Gasteiger partial charge is 0.393 e. The van der Waals surface area contributed by atoms with Crippen molar-refractivity contribution in [3.05, 3.63) is 54.2 Å². The number of pyridine rings is 2. The van der Waals surface area contributed by atoms with E-state index in [2.05, 4.69) is 31.3 Å². The minimum absolute atomic E-state index is 0.599. The van der Waals surface area contributed by atoms with Crippen LogP contribution < -0.4 is 21.3 Å². The molecule has 9 heteroatoms. The molecule has 1 aliphatic rings. The first-order valence-corrected chi connectivity index (χ1v) is 7.75. The van der Waals surface area contributed by atoms with Crippen LogP contribution in [0.3, 0.4) is 0 Å². The number of rotatable bonds is 5. The summed E-state index contributed by atoms with van der Waals surface area (Å²) >= 11 is 0. The summed E-state index contributed by atoms with van der Waals surface area (Å²) in [7, 11) is 1.80. The first-order chi connectivity index (χ1) is 12.3. The van der Waals surface area contributed by atoms with Crippen LogP contribution in [0.25, 0.3) is 11.2 Å². The van der Waals surface area contributed by atoms with E-state index < -0.39 is 0 Å². The van der Waals surface area contributed by atoms with E-state index in [4.69, 9.17) is 5.41 Å². The van der Waals surface area contributed by atoms with Gasteiger partial charge in [-0.1, -0.05) is 6.07 Å². The van der Waals surface area contributed by atoms with E-state index in [1.165, 1.54) is 12.5 Å². The third-order valence-electron chi connectivity index (χ3n) is 3.88. The van der Waals surface area contributed by atoms with Crippen molar-refractivity contribution in [1.82, 2.24) is 30.4 Å². The predicted octanol–water partition coefficient (Wildman–Crippen LogP) is 1.19. The van der Waals surface area contributed by atoms with Crippen molar-refractivity contribution in [3.8, 4) is 0 Å². The molecule has 0 fully saturated rings. The molecule has 0 aromatic carbocycles. The van der Waals surface area contributed by atoms with Crippen LogP contribution >= 0.6 is 0 Å². The molecule has 0 amide bonds. The van der Waals surface area contributed by atoms with Gasteiger partial charge in [-0.05, 0) is 23.8 Å². The summed E-state index contributed by atoms with van der Waals surface area (Å²) in [5.41, 5.74) is 10.4. The fourth-order valence-electron chi connectivity index (χ4n) is 2.69. The summed E-state index contributed by atoms with van der Waals surface area (Å²) < 4.78 is 1.74. The van der Waals surface area contributed by atoms with Gasteiger partial charge >= 0.3 is 0 Å². The van der Waals surface area contributed by atoms with E-state index in [1.807, 2.05) is 35.5 Å². The van der Waals surface area contributed by atoms with Gasteiger partial charge in [0.25, 0.3) is 0 Å². The number of nitrogens with one attached hydrogen (secondary N) is 4. The van der Waals surface area contributed by atoms with E-state index >= 15 is 0 Å². The summed E-state index contributed by atoms with van der Waals surface area (Å²) in [5.74, 6) is 0.778. The number of aromatic nitrogens is 4. The summed E-state index contributed by atoms with van der Waals surface area (Å²) in [6.45, 7) is 0.599. The zero-order valence-electron chi connectivity index (χ0n) is 13.6. The van der Waals surface area contributed by atoms with Crippen LogP contribution in [-0.4, -0.2) is 32.8 Å². The standard InChI is InChI=1S/C16H17N9/c1-18-7-12(6-17)13-3-4-14-16(21-13)25(23-22-14)9-11-2-5-15-19-10-20-24(15)8-11/h2-8,10,17-18,22-23H,9H2,1H3/b12-7+,17-6?. The number of hydrogen-bond acceptors (Lipinski definition) is 8. The fourth-order valence-corrected chi connectivity index (χ4v) is 2.69. The molecule has 9 nitrogen and oxygen atoms in total. The van der Waals surface area contributed by atoms with Crippen molar-refractivity contribution in [3.63, 3.8) is 0 Å². The van der Waals surface area contributed by atoms with Crippen LogP contribution in [0.2, 0.25) is 0 Å². The average molecular weight is 335 g/mol. The molecule has 0 spiro atoms. The number of nitrogens with zero attached hydrogens (tertiary/aromatic N) is 5. The van der Waals surface area contributed by atoms with Crippen LogP contribution in [0, 0.1) is 5.41 Å². The van der Waals surface area contributed by atoms with Gasteiger partial charge in [0.2, 0.25) is 0 Å². The highest BCUT2D eigenvalue weighted by Gasteiger charge is 2.21. The highest BCUT2D eigenvalue weighted by Crippen LogP contribution is 2.29. The molecule has 0 aliphatic carbocycles. The van der Waals surface area contributed by atoms with Crippen LogP contribution in [-0.2, 0) is 6.54 Å². The van der Waals surface area contributed by atoms with Gasteiger partial charge < -0.3 is 16.2 Å². The number of fused-ring (bicyclic) bond motifs is 2. The predicted molar refractivity (Wildman–Crippen MR) is 96.0 cm³/mol. The second-order valence-corrected chi connectivity index (χ2v) is 5.52. The number of hydrogen-bond donors (Lipinski definition) is 4. The molecular formula is C16H17N9. The number of hydrazine groups is 2. The van der Waals surface area contributed by atoms with Crippen LogP contribution in [0.4, 0.5) is 11.5 Å². The molecule has 3 aromatic rings. The molecule has 126 valence electrons. The number of anilines is 2. The van der Waals surface area contributed by atoms with Crippen molar-refractivity contribution in [2.24, 2.45) is 0 Å². The van der Waals surface area contributed by atoms with E-state index in [-0.39, 0.29) is 0 Å². The minimum Gasteiger partial charge on any atom is -0.393 e. The smallest absolute Gasteiger partial charge is 0.170 e. The van der Waals surface area contributed by atoms with E-state index in [1.54, 1.807) is 17.8 Å². The molecule has 0 atom stereocenters. The van der Waals surface area contributed by atoms with Gasteiger partial charge in [0, 0.05) is 31.2 Å². The molecule has 25 heavy (non-hydrogen) atoms. The minimum atomic E-state index is 0.599. The second-order valence-electron chi connectivity index (χ2n) is 5.52. The molecule has 0 saturated carbocycles. The number of allylic oxidation sites excluding steroid dienone is 1. The van der Waals surface area contributed by atoms with Crippen molar-refractivity contribution in [2.75, 3.05) is 17.5 Å². The van der Waals surface area contributed by atoms with E-state index in [0.717, 1.165) is 28.4 Å². The Kier molecular flexibility index (Phi) is 3.75. The lowest BCUT2D eigenvalue weighted by atomic mass is 10.2. The van der Waals surface area contributed by atoms with Gasteiger partial charge in [-0.3, -0.25) is 5.01 Å². The van der Waals surface area contributed by atoms with Crippen LogP contribution in [0.1, 0.15) is 11.3 Å². The third kappa shape index (κ3) is 2.76. The topological polar surface area (TPSA) is 106 Å². The Balaban J connectivity index is 1.63. The molecule has 0 radical (unpaired) electrons. The fraction of sp³-hybridized carbons (Fsp3) is 0.125. The maximum absolute atomic E-state index is 7.55. The van der Waals surface area contributed by atoms with E-state index in [9.17, 15) is 0 Å². The maximum atomic E-state index is 7.55. The van der Waals surface area contributed by atoms with Gasteiger partial charge in [-0.15, -0.1) is 5.53 Å². The van der Waals surface area contributed by atoms with Crippen molar-refractivity contribution >= 4 is 28.9 Å². The van der Waals surface area contributed by atoms with Crippen molar-refractivity contribution in [2.45, 2.75) is 6.54 Å². The lowest BCUT2D eigenvalue weighted by molar-refractivity contribution is 0.712. The highest BCUT2D eigenvalue weighted by molar-refractivity contribution is 6.07. The lowest BCUT2D eigenvalue weighted by Gasteiger charge is -2.17. The Hall–Kier alpha value is -3.46. The molecule has 3 aromatic heterocycles. The van der Waals surface area contributed by atoms with Gasteiger partial charge in [0.15, 0.2) is 11.5 Å². The third-order valence-corrected chi connectivity index (χ3v) is 3.88. The molecule has 0 saturated heterocycles. The van der Waals surface area contributed by atoms with Gasteiger partial charge in [0.1, 0.15) is 6.33 Å². The summed E-state index contributed by atoms with van der Waals surface area (Å²) in [6.07, 6.45) is 6.51. The maximum Gasteiger partial charge on any atom is 0.170 e. The quantitative estimate of drug-likeness (QED) is 0.519. The molecule has 4 heterocycles. The van der Waals surface area contributed by atoms with Crippen LogP contribution in [0.15, 0.2) is 43.0 Å².